The first-order valence-electron chi connectivity index (χ1n) is 7.37. The van der Waals surface area contributed by atoms with Crippen molar-refractivity contribution in [1.82, 2.24) is 15.3 Å². The number of hydrogen-bond donors (Lipinski definition) is 2. The number of nitrogens with zero attached hydrogens (tertiary/aromatic N) is 1. The number of H-pyrrole nitrogens is 1. The first-order valence-corrected chi connectivity index (χ1v) is 8.31. The van der Waals surface area contributed by atoms with Crippen molar-refractivity contribution in [3.8, 4) is 5.75 Å². The van der Waals surface area contributed by atoms with Gasteiger partial charge in [0, 0.05) is 28.0 Å². The predicted molar refractivity (Wildman–Crippen MR) is 87.2 cm³/mol. The molecule has 1 aromatic carbocycles. The van der Waals surface area contributed by atoms with Crippen LogP contribution < -0.4 is 10.1 Å². The van der Waals surface area contributed by atoms with E-state index in [0.717, 1.165) is 0 Å². The van der Waals surface area contributed by atoms with Crippen LogP contribution in [0.15, 0.2) is 29.1 Å². The summed E-state index contributed by atoms with van der Waals surface area (Å²) in [5.41, 5.74) is 3.57. The molecule has 1 amide bonds. The lowest BCUT2D eigenvalue weighted by atomic mass is 10.2. The van der Waals surface area contributed by atoms with Gasteiger partial charge in [0.25, 0.3) is 0 Å². The van der Waals surface area contributed by atoms with Crippen molar-refractivity contribution >= 4 is 28.1 Å². The van der Waals surface area contributed by atoms with E-state index in [0.29, 0.717) is 22.3 Å². The van der Waals surface area contributed by atoms with Crippen LogP contribution in [0.5, 0.6) is 5.75 Å². The number of rotatable bonds is 7. The monoisotopic (exact) mass is 369 g/mol. The minimum atomic E-state index is -2.69. The van der Waals surface area contributed by atoms with Crippen molar-refractivity contribution in [3.05, 3.63) is 46.3 Å². The molecule has 0 unspecified atom stereocenters. The van der Waals surface area contributed by atoms with Gasteiger partial charge in [0.1, 0.15) is 6.61 Å². The van der Waals surface area contributed by atoms with Gasteiger partial charge in [-0.1, -0.05) is 0 Å². The van der Waals surface area contributed by atoms with Crippen LogP contribution in [0.25, 0.3) is 10.9 Å². The Morgan fingerprint density at radius 2 is 2.20 bits per heavy atom. The smallest absolute Gasteiger partial charge is 0.247 e. The van der Waals surface area contributed by atoms with Gasteiger partial charge in [-0.15, -0.1) is 11.3 Å². The zero-order valence-electron chi connectivity index (χ0n) is 12.9. The third-order valence-corrected chi connectivity index (χ3v) is 4.04. The number of ether oxygens (including phenoxy) is 1. The lowest BCUT2D eigenvalue weighted by molar-refractivity contribution is -0.123. The fourth-order valence-electron chi connectivity index (χ4n) is 2.27. The van der Waals surface area contributed by atoms with Crippen molar-refractivity contribution in [3.63, 3.8) is 0 Å². The highest BCUT2D eigenvalue weighted by Crippen LogP contribution is 2.26. The number of halogens is 3. The molecular weight excluding hydrogens is 355 g/mol. The second kappa shape index (κ2) is 7.56. The van der Waals surface area contributed by atoms with Gasteiger partial charge in [-0.05, 0) is 12.1 Å². The second-order valence-electron chi connectivity index (χ2n) is 5.30. The Hall–Kier alpha value is -2.55. The minimum absolute atomic E-state index is 0.0524. The molecule has 2 N–H and O–H groups in total. The van der Waals surface area contributed by atoms with E-state index in [9.17, 15) is 18.0 Å². The number of aromatic amines is 1. The van der Waals surface area contributed by atoms with Crippen LogP contribution in [0, 0.1) is 5.82 Å². The number of thiazole rings is 1. The van der Waals surface area contributed by atoms with Crippen LogP contribution in [0.2, 0.25) is 0 Å². The maximum atomic E-state index is 14.1. The number of benzene rings is 1. The van der Waals surface area contributed by atoms with Crippen LogP contribution in [-0.4, -0.2) is 22.3 Å². The normalized spacial score (nSPS) is 11.2. The largest absolute Gasteiger partial charge is 0.484 e. The lowest BCUT2D eigenvalue weighted by Gasteiger charge is -2.05. The van der Waals surface area contributed by atoms with Crippen LogP contribution in [0.4, 0.5) is 13.2 Å². The van der Waals surface area contributed by atoms with E-state index in [-0.39, 0.29) is 18.9 Å². The van der Waals surface area contributed by atoms with Gasteiger partial charge < -0.3 is 15.0 Å². The number of carbonyl (C=O) groups excluding carboxylic acids is 1. The summed E-state index contributed by atoms with van der Waals surface area (Å²) in [5.74, 6) is -1.18. The predicted octanol–water partition coefficient (Wildman–Crippen LogP) is 3.61. The van der Waals surface area contributed by atoms with Crippen molar-refractivity contribution in [2.75, 3.05) is 0 Å². The Morgan fingerprint density at radius 3 is 2.92 bits per heavy atom. The minimum Gasteiger partial charge on any atom is -0.484 e. The fourth-order valence-corrected chi connectivity index (χ4v) is 2.81. The molecule has 0 bridgehead atoms. The SMILES string of the molecule is O=C(CC(F)F)NCc1cc2cc(F)c(OCc3cscn3)cc2[nH]1. The number of hydrogen-bond acceptors (Lipinski definition) is 4. The maximum Gasteiger partial charge on any atom is 0.247 e. The van der Waals surface area contributed by atoms with Crippen LogP contribution in [0.3, 0.4) is 0 Å². The summed E-state index contributed by atoms with van der Waals surface area (Å²) >= 11 is 1.42. The summed E-state index contributed by atoms with van der Waals surface area (Å²) in [7, 11) is 0. The summed E-state index contributed by atoms with van der Waals surface area (Å²) in [6.07, 6.45) is -3.53. The molecule has 0 aliphatic heterocycles. The highest BCUT2D eigenvalue weighted by molar-refractivity contribution is 7.07. The highest BCUT2D eigenvalue weighted by Gasteiger charge is 2.12. The van der Waals surface area contributed by atoms with Gasteiger partial charge in [-0.2, -0.15) is 0 Å². The number of carbonyl (C=O) groups is 1. The zero-order chi connectivity index (χ0) is 17.8. The summed E-state index contributed by atoms with van der Waals surface area (Å²) < 4.78 is 43.8. The third-order valence-electron chi connectivity index (χ3n) is 3.40. The third kappa shape index (κ3) is 4.50. The molecule has 0 fully saturated rings. The van der Waals surface area contributed by atoms with Gasteiger partial charge in [0.15, 0.2) is 11.6 Å². The molecule has 2 heterocycles. The van der Waals surface area contributed by atoms with Crippen molar-refractivity contribution in [2.24, 2.45) is 0 Å². The highest BCUT2D eigenvalue weighted by atomic mass is 32.1. The Labute approximate surface area is 144 Å². The number of nitrogens with one attached hydrogen (secondary N) is 2. The van der Waals surface area contributed by atoms with Gasteiger partial charge in [-0.3, -0.25) is 4.79 Å². The first kappa shape index (κ1) is 17.3. The van der Waals surface area contributed by atoms with Crippen LogP contribution in [0.1, 0.15) is 17.8 Å². The fraction of sp³-hybridized carbons (Fsp3) is 0.250. The first-order chi connectivity index (χ1) is 12.0. The van der Waals surface area contributed by atoms with Crippen molar-refractivity contribution in [2.45, 2.75) is 26.0 Å². The molecule has 0 atom stereocenters. The Kier molecular flexibility index (Phi) is 5.22. The second-order valence-corrected chi connectivity index (χ2v) is 6.02. The Morgan fingerprint density at radius 1 is 1.36 bits per heavy atom. The summed E-state index contributed by atoms with van der Waals surface area (Å²) in [4.78, 5) is 18.3. The van der Waals surface area contributed by atoms with E-state index in [1.165, 1.54) is 23.5 Å². The molecule has 0 spiro atoms. The molecule has 25 heavy (non-hydrogen) atoms. The van der Waals surface area contributed by atoms with Gasteiger partial charge in [0.2, 0.25) is 12.3 Å². The molecule has 0 aliphatic rings. The standard InChI is InChI=1S/C16H14F3N3O2S/c17-12-2-9-1-10(5-20-16(23)4-15(18)19)22-13(9)3-14(12)24-6-11-7-25-8-21-11/h1-3,7-8,15,22H,4-6H2,(H,20,23). The quantitative estimate of drug-likeness (QED) is 0.669. The number of alkyl halides is 2. The topological polar surface area (TPSA) is 67.0 Å². The molecule has 0 aliphatic carbocycles. The maximum absolute atomic E-state index is 14.1. The Balaban J connectivity index is 1.68. The average Bonchev–Trinajstić information content (AvgIpc) is 3.19. The van der Waals surface area contributed by atoms with Crippen molar-refractivity contribution in [1.29, 1.82) is 0 Å². The van der Waals surface area contributed by atoms with E-state index >= 15 is 0 Å². The molecule has 3 rings (SSSR count). The molecule has 0 radical (unpaired) electrons. The van der Waals surface area contributed by atoms with Gasteiger partial charge in [-0.25, -0.2) is 18.2 Å². The molecule has 9 heteroatoms. The molecule has 132 valence electrons. The Bertz CT molecular complexity index is 865. The molecular formula is C16H14F3N3O2S. The van der Waals surface area contributed by atoms with Crippen LogP contribution in [-0.2, 0) is 17.9 Å². The van der Waals surface area contributed by atoms with Crippen molar-refractivity contribution < 1.29 is 22.7 Å². The average molecular weight is 369 g/mol. The molecule has 3 aromatic rings. The molecule has 2 aromatic heterocycles. The summed E-state index contributed by atoms with van der Waals surface area (Å²) in [6.45, 7) is 0.208. The molecule has 5 nitrogen and oxygen atoms in total. The lowest BCUT2D eigenvalue weighted by Crippen LogP contribution is -2.24. The summed E-state index contributed by atoms with van der Waals surface area (Å²) in [6, 6.07) is 4.47. The van der Waals surface area contributed by atoms with E-state index < -0.39 is 24.6 Å². The molecule has 0 saturated carbocycles. The van der Waals surface area contributed by atoms with Crippen LogP contribution >= 0.6 is 11.3 Å². The zero-order valence-corrected chi connectivity index (χ0v) is 13.7. The number of fused-ring (bicyclic) bond motifs is 1. The van der Waals surface area contributed by atoms with E-state index in [1.807, 2.05) is 5.38 Å². The number of amides is 1. The van der Waals surface area contributed by atoms with E-state index in [4.69, 9.17) is 4.74 Å². The molecule has 0 saturated heterocycles. The number of aromatic nitrogens is 2. The van der Waals surface area contributed by atoms with Gasteiger partial charge >= 0.3 is 0 Å². The van der Waals surface area contributed by atoms with Gasteiger partial charge in [0.05, 0.1) is 24.2 Å². The summed E-state index contributed by atoms with van der Waals surface area (Å²) in [5, 5.41) is 4.79. The van der Waals surface area contributed by atoms with E-state index in [2.05, 4.69) is 15.3 Å². The van der Waals surface area contributed by atoms with E-state index in [1.54, 1.807) is 11.6 Å².